The molecule has 1 N–H and O–H groups in total. The van der Waals surface area contributed by atoms with E-state index in [1.54, 1.807) is 12.3 Å². The summed E-state index contributed by atoms with van der Waals surface area (Å²) in [5.74, 6) is 0.690. The molecular formula is C9H10ClN2NaOS. The summed E-state index contributed by atoms with van der Waals surface area (Å²) < 4.78 is 0. The Kier molecular flexibility index (Phi) is 5.09. The molecule has 6 heteroatoms. The van der Waals surface area contributed by atoms with Crippen LogP contribution in [0.5, 0.6) is 0 Å². The van der Waals surface area contributed by atoms with Crippen LogP contribution in [0.2, 0.25) is 5.02 Å². The van der Waals surface area contributed by atoms with Gasteiger partial charge in [-0.1, -0.05) is 17.7 Å². The number of halogens is 1. The third-order valence-corrected chi connectivity index (χ3v) is 3.12. The molecule has 1 aromatic rings. The van der Waals surface area contributed by atoms with Crippen molar-refractivity contribution in [2.45, 2.75) is 17.4 Å². The number of nitrogens with zero attached hydrogens (tertiary/aromatic N) is 2. The maximum Gasteiger partial charge on any atom is 1.00 e. The molecule has 0 saturated carbocycles. The van der Waals surface area contributed by atoms with Crippen molar-refractivity contribution in [3.63, 3.8) is 0 Å². The van der Waals surface area contributed by atoms with Crippen molar-refractivity contribution in [1.82, 2.24) is 4.98 Å². The van der Waals surface area contributed by atoms with E-state index in [0.29, 0.717) is 22.3 Å². The van der Waals surface area contributed by atoms with Crippen molar-refractivity contribution >= 4 is 30.0 Å². The third kappa shape index (κ3) is 2.96. The minimum absolute atomic E-state index is 0. The number of hydrogen-bond acceptors (Lipinski definition) is 4. The first-order chi connectivity index (χ1) is 6.68. The summed E-state index contributed by atoms with van der Waals surface area (Å²) >= 11 is 11.1. The number of rotatable bonds is 1. The number of hydrogen-bond donors (Lipinski definition) is 1. The van der Waals surface area contributed by atoms with E-state index in [1.165, 1.54) is 0 Å². The van der Waals surface area contributed by atoms with Crippen molar-refractivity contribution in [3.05, 3.63) is 17.3 Å². The van der Waals surface area contributed by atoms with Gasteiger partial charge in [-0.25, -0.2) is 4.98 Å². The minimum atomic E-state index is -0.276. The van der Waals surface area contributed by atoms with Crippen LogP contribution in [-0.2, 0) is 12.6 Å². The molecule has 0 unspecified atom stereocenters. The predicted molar refractivity (Wildman–Crippen MR) is 57.7 cm³/mol. The molecule has 76 valence electrons. The number of aliphatic hydroxyl groups is 1. The third-order valence-electron chi connectivity index (χ3n) is 2.30. The maximum atomic E-state index is 9.38. The Bertz CT molecular complexity index is 353. The van der Waals surface area contributed by atoms with E-state index in [0.717, 1.165) is 13.0 Å². The first-order valence-corrected chi connectivity index (χ1v) is 5.21. The van der Waals surface area contributed by atoms with Crippen LogP contribution in [0, 0.1) is 0 Å². The van der Waals surface area contributed by atoms with Crippen molar-refractivity contribution in [1.29, 1.82) is 0 Å². The smallest absolute Gasteiger partial charge is 0.778 e. The Hall–Kier alpha value is 0.420. The van der Waals surface area contributed by atoms with Crippen LogP contribution in [-0.4, -0.2) is 29.3 Å². The molecule has 15 heavy (non-hydrogen) atoms. The van der Waals surface area contributed by atoms with Gasteiger partial charge in [0.25, 0.3) is 0 Å². The molecule has 0 aliphatic carbocycles. The van der Waals surface area contributed by atoms with Gasteiger partial charge in [-0.3, -0.25) is 0 Å². The van der Waals surface area contributed by atoms with Crippen LogP contribution < -0.4 is 34.5 Å². The summed E-state index contributed by atoms with van der Waals surface area (Å²) in [6, 6.07) is 1.70. The molecule has 0 aromatic carbocycles. The number of aromatic nitrogens is 1. The van der Waals surface area contributed by atoms with Gasteiger partial charge in [0, 0.05) is 19.3 Å². The average molecular weight is 253 g/mol. The fourth-order valence-corrected chi connectivity index (χ4v) is 1.95. The summed E-state index contributed by atoms with van der Waals surface area (Å²) in [5.41, 5.74) is 0. The molecule has 1 saturated heterocycles. The second-order valence-corrected chi connectivity index (χ2v) is 4.15. The summed E-state index contributed by atoms with van der Waals surface area (Å²) in [7, 11) is 0. The molecule has 3 nitrogen and oxygen atoms in total. The van der Waals surface area contributed by atoms with Gasteiger partial charge in [-0.05, 0) is 6.42 Å². The zero-order valence-electron chi connectivity index (χ0n) is 8.48. The Labute approximate surface area is 122 Å². The summed E-state index contributed by atoms with van der Waals surface area (Å²) in [6.07, 6.45) is 2.13. The molecule has 1 fully saturated rings. The summed E-state index contributed by atoms with van der Waals surface area (Å²) in [5, 5.41) is 9.89. The molecule has 2 heterocycles. The minimum Gasteiger partial charge on any atom is -0.778 e. The van der Waals surface area contributed by atoms with Crippen molar-refractivity contribution in [2.75, 3.05) is 18.0 Å². The Morgan fingerprint density at radius 3 is 2.93 bits per heavy atom. The van der Waals surface area contributed by atoms with E-state index in [-0.39, 0.29) is 35.7 Å². The molecule has 1 atom stereocenters. The van der Waals surface area contributed by atoms with Gasteiger partial charge in [-0.15, -0.1) is 0 Å². The van der Waals surface area contributed by atoms with Gasteiger partial charge in [0.15, 0.2) is 0 Å². The van der Waals surface area contributed by atoms with Gasteiger partial charge in [0.1, 0.15) is 5.82 Å². The molecule has 0 radical (unpaired) electrons. The van der Waals surface area contributed by atoms with Gasteiger partial charge in [-0.2, -0.15) is 4.90 Å². The molecule has 0 amide bonds. The van der Waals surface area contributed by atoms with E-state index in [4.69, 9.17) is 24.2 Å². The second-order valence-electron chi connectivity index (χ2n) is 3.34. The van der Waals surface area contributed by atoms with Gasteiger partial charge < -0.3 is 22.6 Å². The first kappa shape index (κ1) is 13.5. The SMILES string of the molecule is O[C@H]1CCN(c2nccc([S-])c2Cl)C1.[Na+]. The largest absolute Gasteiger partial charge is 1.00 e. The maximum absolute atomic E-state index is 9.38. The Morgan fingerprint density at radius 2 is 2.33 bits per heavy atom. The normalized spacial score (nSPS) is 20.1. The molecule has 1 aliphatic rings. The zero-order chi connectivity index (χ0) is 10.1. The summed E-state index contributed by atoms with van der Waals surface area (Å²) in [4.78, 5) is 6.74. The molecule has 2 rings (SSSR count). The van der Waals surface area contributed by atoms with E-state index in [2.05, 4.69) is 4.98 Å². The van der Waals surface area contributed by atoms with Crippen LogP contribution in [0.15, 0.2) is 17.2 Å². The molecule has 0 spiro atoms. The van der Waals surface area contributed by atoms with Crippen molar-refractivity contribution < 1.29 is 34.7 Å². The number of pyridine rings is 1. The van der Waals surface area contributed by atoms with Crippen LogP contribution in [0.4, 0.5) is 5.82 Å². The van der Waals surface area contributed by atoms with Gasteiger partial charge >= 0.3 is 29.6 Å². The Morgan fingerprint density at radius 1 is 1.60 bits per heavy atom. The van der Waals surface area contributed by atoms with Gasteiger partial charge in [0.05, 0.1) is 11.1 Å². The number of β-amino-alcohol motifs (C(OH)–C–C–N with tert-alkyl or cyclic N) is 1. The van der Waals surface area contributed by atoms with E-state index in [9.17, 15) is 5.11 Å². The zero-order valence-corrected chi connectivity index (χ0v) is 12.1. The van der Waals surface area contributed by atoms with E-state index >= 15 is 0 Å². The fraction of sp³-hybridized carbons (Fsp3) is 0.444. The molecule has 1 aliphatic heterocycles. The van der Waals surface area contributed by atoms with Crippen molar-refractivity contribution in [3.8, 4) is 0 Å². The molecule has 1 aromatic heterocycles. The van der Waals surface area contributed by atoms with Crippen molar-refractivity contribution in [2.24, 2.45) is 0 Å². The van der Waals surface area contributed by atoms with E-state index in [1.807, 2.05) is 4.90 Å². The fourth-order valence-electron chi connectivity index (χ4n) is 1.57. The average Bonchev–Trinajstić information content (AvgIpc) is 2.57. The quantitative estimate of drug-likeness (QED) is 0.474. The van der Waals surface area contributed by atoms with Crippen LogP contribution in [0.1, 0.15) is 6.42 Å². The first-order valence-electron chi connectivity index (χ1n) is 4.43. The number of aliphatic hydroxyl groups excluding tert-OH is 1. The second kappa shape index (κ2) is 5.66. The van der Waals surface area contributed by atoms with Crippen LogP contribution in [0.3, 0.4) is 0 Å². The summed E-state index contributed by atoms with van der Waals surface area (Å²) in [6.45, 7) is 1.37. The number of anilines is 1. The monoisotopic (exact) mass is 252 g/mol. The standard InChI is InChI=1S/C9H11ClN2OS.Na/c10-8-7(14)1-3-11-9(8)12-4-2-6(13)5-12;/h1,3,6,13H,2,4-5H2,(H,11,14);/q;+1/p-1/t6-;/m0./s1. The molecular weight excluding hydrogens is 243 g/mol. The predicted octanol–water partition coefficient (Wildman–Crippen LogP) is -1.78. The Balaban J connectivity index is 0.00000112. The van der Waals surface area contributed by atoms with Crippen LogP contribution >= 0.6 is 11.6 Å². The van der Waals surface area contributed by atoms with Crippen LogP contribution in [0.25, 0.3) is 0 Å². The molecule has 0 bridgehead atoms. The van der Waals surface area contributed by atoms with E-state index < -0.39 is 0 Å². The van der Waals surface area contributed by atoms with Gasteiger partial charge in [0.2, 0.25) is 0 Å². The topological polar surface area (TPSA) is 36.4 Å².